The Morgan fingerprint density at radius 1 is 0.839 bits per heavy atom. The molecule has 2 aromatic carbocycles. The predicted octanol–water partition coefficient (Wildman–Crippen LogP) is 2.50. The molecule has 2 aliphatic heterocycles. The second kappa shape index (κ2) is 8.44. The summed E-state index contributed by atoms with van der Waals surface area (Å²) >= 11 is 0. The number of ether oxygens (including phenoxy) is 1. The standard InChI is InChI=1S/C25H29N3O3/c1-31-22-10-8-20(9-11-22)28-24(29)17-23(25(28)30)27-14-12-26(13-15-27)21-7-6-18-4-2-3-5-19(18)16-21/h2-5,8-11,21,23H,6-7,12-17H2,1H3/t21-,23+/m1/s1. The molecular weight excluding hydrogens is 390 g/mol. The number of carbonyl (C=O) groups excluding carboxylic acids is 2. The van der Waals surface area contributed by atoms with Crippen molar-refractivity contribution < 1.29 is 14.3 Å². The zero-order valence-corrected chi connectivity index (χ0v) is 18.0. The van der Waals surface area contributed by atoms with E-state index in [-0.39, 0.29) is 24.3 Å². The molecule has 5 rings (SSSR count). The predicted molar refractivity (Wildman–Crippen MR) is 119 cm³/mol. The number of imide groups is 1. The van der Waals surface area contributed by atoms with E-state index in [4.69, 9.17) is 4.74 Å². The molecule has 6 nitrogen and oxygen atoms in total. The summed E-state index contributed by atoms with van der Waals surface area (Å²) in [7, 11) is 1.60. The zero-order valence-electron chi connectivity index (χ0n) is 18.0. The number of benzene rings is 2. The minimum atomic E-state index is -0.344. The first-order valence-electron chi connectivity index (χ1n) is 11.2. The number of carbonyl (C=O) groups is 2. The second-order valence-electron chi connectivity index (χ2n) is 8.72. The minimum Gasteiger partial charge on any atom is -0.497 e. The van der Waals surface area contributed by atoms with E-state index in [2.05, 4.69) is 34.1 Å². The third-order valence-corrected chi connectivity index (χ3v) is 7.08. The molecule has 0 spiro atoms. The Morgan fingerprint density at radius 2 is 1.52 bits per heavy atom. The van der Waals surface area contributed by atoms with Crippen LogP contribution in [-0.2, 0) is 22.4 Å². The van der Waals surface area contributed by atoms with Crippen LogP contribution >= 0.6 is 0 Å². The van der Waals surface area contributed by atoms with Gasteiger partial charge in [-0.2, -0.15) is 0 Å². The maximum Gasteiger partial charge on any atom is 0.251 e. The highest BCUT2D eigenvalue weighted by Crippen LogP contribution is 2.29. The lowest BCUT2D eigenvalue weighted by molar-refractivity contribution is -0.123. The normalized spacial score (nSPS) is 25.0. The van der Waals surface area contributed by atoms with Gasteiger partial charge >= 0.3 is 0 Å². The van der Waals surface area contributed by atoms with Crippen molar-refractivity contribution in [2.45, 2.75) is 37.8 Å². The Balaban J connectivity index is 1.21. The Kier molecular flexibility index (Phi) is 5.50. The molecule has 162 valence electrons. The van der Waals surface area contributed by atoms with E-state index in [0.29, 0.717) is 17.5 Å². The quantitative estimate of drug-likeness (QED) is 0.713. The molecule has 2 amide bonds. The van der Waals surface area contributed by atoms with Crippen molar-refractivity contribution in [2.24, 2.45) is 0 Å². The highest BCUT2D eigenvalue weighted by molar-refractivity contribution is 6.22. The van der Waals surface area contributed by atoms with Crippen molar-refractivity contribution in [3.63, 3.8) is 0 Å². The molecule has 2 saturated heterocycles. The fourth-order valence-electron chi connectivity index (χ4n) is 5.31. The molecule has 1 aliphatic carbocycles. The Morgan fingerprint density at radius 3 is 2.23 bits per heavy atom. The summed E-state index contributed by atoms with van der Waals surface area (Å²) in [5, 5.41) is 0. The van der Waals surface area contributed by atoms with Gasteiger partial charge in [-0.15, -0.1) is 0 Å². The maximum absolute atomic E-state index is 13.1. The second-order valence-corrected chi connectivity index (χ2v) is 8.72. The molecule has 2 heterocycles. The number of hydrogen-bond acceptors (Lipinski definition) is 5. The number of anilines is 1. The Hall–Kier alpha value is -2.70. The third-order valence-electron chi connectivity index (χ3n) is 7.08. The number of aryl methyl sites for hydroxylation is 1. The maximum atomic E-state index is 13.1. The van der Waals surface area contributed by atoms with Gasteiger partial charge in [-0.25, -0.2) is 4.90 Å². The van der Waals surface area contributed by atoms with Gasteiger partial charge in [0.2, 0.25) is 5.91 Å². The summed E-state index contributed by atoms with van der Waals surface area (Å²) in [4.78, 5) is 31.9. The van der Waals surface area contributed by atoms with Crippen molar-refractivity contribution in [3.05, 3.63) is 59.7 Å². The highest BCUT2D eigenvalue weighted by atomic mass is 16.5. The van der Waals surface area contributed by atoms with Gasteiger partial charge in [0.05, 0.1) is 25.3 Å². The van der Waals surface area contributed by atoms with Crippen LogP contribution in [0, 0.1) is 0 Å². The molecule has 2 atom stereocenters. The van der Waals surface area contributed by atoms with Gasteiger partial charge in [0, 0.05) is 32.2 Å². The first-order chi connectivity index (χ1) is 15.1. The van der Waals surface area contributed by atoms with Crippen LogP contribution in [0.15, 0.2) is 48.5 Å². The number of fused-ring (bicyclic) bond motifs is 1. The average Bonchev–Trinajstić information content (AvgIpc) is 3.12. The van der Waals surface area contributed by atoms with E-state index < -0.39 is 0 Å². The molecular formula is C25H29N3O3. The molecule has 2 aromatic rings. The van der Waals surface area contributed by atoms with E-state index in [1.54, 1.807) is 31.4 Å². The fraction of sp³-hybridized carbons (Fsp3) is 0.440. The molecule has 0 radical (unpaired) electrons. The zero-order chi connectivity index (χ0) is 21.4. The van der Waals surface area contributed by atoms with Crippen molar-refractivity contribution in [1.82, 2.24) is 9.80 Å². The van der Waals surface area contributed by atoms with E-state index in [1.165, 1.54) is 22.4 Å². The molecule has 3 aliphatic rings. The summed E-state index contributed by atoms with van der Waals surface area (Å²) in [5.41, 5.74) is 3.59. The molecule has 0 aromatic heterocycles. The van der Waals surface area contributed by atoms with E-state index in [9.17, 15) is 9.59 Å². The number of hydrogen-bond donors (Lipinski definition) is 0. The topological polar surface area (TPSA) is 53.1 Å². The number of nitrogens with zero attached hydrogens (tertiary/aromatic N) is 3. The summed E-state index contributed by atoms with van der Waals surface area (Å²) in [5.74, 6) is 0.488. The van der Waals surface area contributed by atoms with Crippen LogP contribution in [0.1, 0.15) is 24.0 Å². The van der Waals surface area contributed by atoms with Gasteiger partial charge in [-0.1, -0.05) is 24.3 Å². The van der Waals surface area contributed by atoms with Crippen molar-refractivity contribution in [3.8, 4) is 5.75 Å². The molecule has 0 unspecified atom stereocenters. The van der Waals surface area contributed by atoms with E-state index in [1.807, 2.05) is 0 Å². The summed E-state index contributed by atoms with van der Waals surface area (Å²) in [6, 6.07) is 16.1. The number of amides is 2. The third kappa shape index (κ3) is 3.86. The molecule has 31 heavy (non-hydrogen) atoms. The van der Waals surface area contributed by atoms with Gasteiger partial charge in [-0.05, 0) is 54.7 Å². The number of methoxy groups -OCH3 is 1. The van der Waals surface area contributed by atoms with Crippen LogP contribution in [0.2, 0.25) is 0 Å². The first kappa shape index (κ1) is 20.2. The summed E-state index contributed by atoms with van der Waals surface area (Å²) in [6.07, 6.45) is 3.72. The highest BCUT2D eigenvalue weighted by Gasteiger charge is 2.43. The SMILES string of the molecule is COc1ccc(N2C(=O)C[C@H](N3CCN([C@@H]4CCc5ccccc5C4)CC3)C2=O)cc1. The first-order valence-corrected chi connectivity index (χ1v) is 11.2. The van der Waals surface area contributed by atoms with E-state index in [0.717, 1.165) is 39.0 Å². The van der Waals surface area contributed by atoms with Crippen LogP contribution in [0.5, 0.6) is 5.75 Å². The smallest absolute Gasteiger partial charge is 0.251 e. The largest absolute Gasteiger partial charge is 0.497 e. The van der Waals surface area contributed by atoms with Gasteiger partial charge in [-0.3, -0.25) is 19.4 Å². The van der Waals surface area contributed by atoms with Gasteiger partial charge in [0.1, 0.15) is 5.75 Å². The molecule has 0 saturated carbocycles. The Bertz CT molecular complexity index is 966. The van der Waals surface area contributed by atoms with Crippen molar-refractivity contribution in [2.75, 3.05) is 38.2 Å². The lowest BCUT2D eigenvalue weighted by Crippen LogP contribution is -2.55. The van der Waals surface area contributed by atoms with E-state index >= 15 is 0 Å². The van der Waals surface area contributed by atoms with Crippen molar-refractivity contribution in [1.29, 1.82) is 0 Å². The van der Waals surface area contributed by atoms with Gasteiger partial charge in [0.25, 0.3) is 5.91 Å². The summed E-state index contributed by atoms with van der Waals surface area (Å²) < 4.78 is 5.18. The monoisotopic (exact) mass is 419 g/mol. The lowest BCUT2D eigenvalue weighted by Gasteiger charge is -2.42. The van der Waals surface area contributed by atoms with Gasteiger partial charge < -0.3 is 4.74 Å². The van der Waals surface area contributed by atoms with Crippen LogP contribution in [-0.4, -0.2) is 67.0 Å². The molecule has 2 fully saturated rings. The van der Waals surface area contributed by atoms with Crippen molar-refractivity contribution >= 4 is 17.5 Å². The van der Waals surface area contributed by atoms with Crippen LogP contribution in [0.25, 0.3) is 0 Å². The minimum absolute atomic E-state index is 0.102. The molecule has 6 heteroatoms. The molecule has 0 bridgehead atoms. The van der Waals surface area contributed by atoms with Crippen LogP contribution in [0.3, 0.4) is 0 Å². The number of rotatable bonds is 4. The molecule has 0 N–H and O–H groups in total. The van der Waals surface area contributed by atoms with Crippen LogP contribution < -0.4 is 9.64 Å². The van der Waals surface area contributed by atoms with Gasteiger partial charge in [0.15, 0.2) is 0 Å². The average molecular weight is 420 g/mol. The number of piperazine rings is 1. The van der Waals surface area contributed by atoms with Crippen LogP contribution in [0.4, 0.5) is 5.69 Å². The lowest BCUT2D eigenvalue weighted by atomic mass is 9.87. The Labute approximate surface area is 183 Å². The summed E-state index contributed by atoms with van der Waals surface area (Å²) in [6.45, 7) is 3.57. The fourth-order valence-corrected chi connectivity index (χ4v) is 5.31.